The van der Waals surface area contributed by atoms with Crippen LogP contribution in [-0.4, -0.2) is 56.7 Å². The largest absolute Gasteiger partial charge is 0.490 e. The van der Waals surface area contributed by atoms with Crippen LogP contribution in [0.3, 0.4) is 0 Å². The van der Waals surface area contributed by atoms with Crippen molar-refractivity contribution in [2.75, 3.05) is 6.54 Å². The van der Waals surface area contributed by atoms with Gasteiger partial charge in [0, 0.05) is 48.3 Å². The van der Waals surface area contributed by atoms with Crippen molar-refractivity contribution in [3.63, 3.8) is 0 Å². The van der Waals surface area contributed by atoms with Crippen molar-refractivity contribution in [1.29, 1.82) is 0 Å². The van der Waals surface area contributed by atoms with E-state index in [1.54, 1.807) is 16.9 Å². The summed E-state index contributed by atoms with van der Waals surface area (Å²) < 4.78 is 39.4. The SMILES string of the molecule is O=C(O)c1nn(C2CC2)cc1-c1ccc(O[C@@H]2CC[C@@H](NC(=O)[C@]3(F)CNC4(CCC4)C3)C2)c(-c2cccc(F)c2C2CCC2)c1. The Morgan fingerprint density at radius 3 is 2.52 bits per heavy atom. The Hall–Kier alpha value is -3.79. The number of ether oxygens (including phenoxy) is 1. The molecule has 2 aromatic carbocycles. The quantitative estimate of drug-likeness (QED) is 0.243. The smallest absolute Gasteiger partial charge is 0.357 e. The van der Waals surface area contributed by atoms with Crippen LogP contribution < -0.4 is 15.4 Å². The van der Waals surface area contributed by atoms with Gasteiger partial charge in [-0.25, -0.2) is 13.6 Å². The number of aromatic nitrogens is 2. The minimum absolute atomic E-state index is 0.00863. The molecular weight excluding hydrogens is 590 g/mol. The molecule has 10 heteroatoms. The molecular formula is C36H40F2N4O4. The highest BCUT2D eigenvalue weighted by molar-refractivity contribution is 5.95. The number of halogens is 2. The number of nitrogens with one attached hydrogen (secondary N) is 2. The maximum atomic E-state index is 15.7. The first kappa shape index (κ1) is 29.6. The zero-order valence-electron chi connectivity index (χ0n) is 25.9. The summed E-state index contributed by atoms with van der Waals surface area (Å²) in [5.74, 6) is -1.19. The van der Waals surface area contributed by atoms with Crippen LogP contribution in [0, 0.1) is 5.82 Å². The van der Waals surface area contributed by atoms with Crippen molar-refractivity contribution < 1.29 is 28.2 Å². The van der Waals surface area contributed by atoms with E-state index < -0.39 is 17.5 Å². The van der Waals surface area contributed by atoms with Gasteiger partial charge in [0.25, 0.3) is 5.91 Å². The van der Waals surface area contributed by atoms with Crippen molar-refractivity contribution in [1.82, 2.24) is 20.4 Å². The van der Waals surface area contributed by atoms with Gasteiger partial charge in [-0.3, -0.25) is 9.48 Å². The number of carbonyl (C=O) groups excluding carboxylic acids is 1. The van der Waals surface area contributed by atoms with Gasteiger partial charge in [-0.05, 0) is 98.6 Å². The molecule has 8 rings (SSSR count). The lowest BCUT2D eigenvalue weighted by Gasteiger charge is -2.38. The second-order valence-electron chi connectivity index (χ2n) is 14.3. The lowest BCUT2D eigenvalue weighted by atomic mass is 9.74. The maximum absolute atomic E-state index is 15.7. The molecule has 0 radical (unpaired) electrons. The average molecular weight is 631 g/mol. The third-order valence-corrected chi connectivity index (χ3v) is 11.1. The monoisotopic (exact) mass is 630 g/mol. The number of hydrogen-bond acceptors (Lipinski definition) is 5. The van der Waals surface area contributed by atoms with E-state index in [0.29, 0.717) is 47.3 Å². The van der Waals surface area contributed by atoms with Gasteiger partial charge in [0.15, 0.2) is 5.69 Å². The highest BCUT2D eigenvalue weighted by Gasteiger charge is 2.55. The zero-order valence-corrected chi connectivity index (χ0v) is 25.9. The van der Waals surface area contributed by atoms with Crippen molar-refractivity contribution in [3.8, 4) is 28.0 Å². The summed E-state index contributed by atoms with van der Waals surface area (Å²) in [7, 11) is 0. The van der Waals surface area contributed by atoms with E-state index in [4.69, 9.17) is 4.74 Å². The molecule has 3 N–H and O–H groups in total. The van der Waals surface area contributed by atoms with E-state index in [0.717, 1.165) is 56.9 Å². The van der Waals surface area contributed by atoms with Gasteiger partial charge in [0.1, 0.15) is 17.7 Å². The molecule has 3 atom stereocenters. The van der Waals surface area contributed by atoms with Crippen LogP contribution in [0.1, 0.15) is 105 Å². The molecule has 46 heavy (non-hydrogen) atoms. The molecule has 4 saturated carbocycles. The highest BCUT2D eigenvalue weighted by atomic mass is 19.1. The Bertz CT molecular complexity index is 1690. The summed E-state index contributed by atoms with van der Waals surface area (Å²) in [6, 6.07) is 10.7. The second-order valence-corrected chi connectivity index (χ2v) is 14.3. The first-order valence-corrected chi connectivity index (χ1v) is 16.9. The second kappa shape index (κ2) is 11.2. The molecule has 1 amide bonds. The highest BCUT2D eigenvalue weighted by Crippen LogP contribution is 2.47. The summed E-state index contributed by atoms with van der Waals surface area (Å²) >= 11 is 0. The van der Waals surface area contributed by atoms with Gasteiger partial charge in [-0.2, -0.15) is 5.10 Å². The lowest BCUT2D eigenvalue weighted by Crippen LogP contribution is -2.49. The first-order chi connectivity index (χ1) is 22.2. The molecule has 3 aromatic rings. The molecule has 1 saturated heterocycles. The van der Waals surface area contributed by atoms with Gasteiger partial charge in [-0.15, -0.1) is 0 Å². The molecule has 5 aliphatic rings. The molecule has 1 spiro atoms. The molecule has 242 valence electrons. The van der Waals surface area contributed by atoms with Crippen LogP contribution in [0.2, 0.25) is 0 Å². The van der Waals surface area contributed by atoms with Crippen molar-refractivity contribution in [2.24, 2.45) is 0 Å². The van der Waals surface area contributed by atoms with E-state index in [2.05, 4.69) is 15.7 Å². The Labute approximate surface area is 266 Å². The number of aromatic carboxylic acids is 1. The number of nitrogens with zero attached hydrogens (tertiary/aromatic N) is 2. The normalized spacial score (nSPS) is 26.9. The molecule has 1 aromatic heterocycles. The summed E-state index contributed by atoms with van der Waals surface area (Å²) in [6.45, 7) is 0.0569. The van der Waals surface area contributed by atoms with Gasteiger partial charge in [0.05, 0.1) is 6.04 Å². The van der Waals surface area contributed by atoms with Crippen LogP contribution in [0.15, 0.2) is 42.6 Å². The average Bonchev–Trinajstić information content (AvgIpc) is 3.39. The van der Waals surface area contributed by atoms with E-state index >= 15 is 8.78 Å². The Morgan fingerprint density at radius 2 is 1.85 bits per heavy atom. The van der Waals surface area contributed by atoms with E-state index in [1.165, 1.54) is 6.07 Å². The number of benzene rings is 2. The topological polar surface area (TPSA) is 105 Å². The van der Waals surface area contributed by atoms with E-state index in [1.807, 2.05) is 24.3 Å². The molecule has 0 unspecified atom stereocenters. The fourth-order valence-corrected chi connectivity index (χ4v) is 7.96. The fourth-order valence-electron chi connectivity index (χ4n) is 7.96. The van der Waals surface area contributed by atoms with E-state index in [-0.39, 0.29) is 54.1 Å². The number of rotatable bonds is 9. The number of carboxylic acid groups (broad SMARTS) is 1. The number of carboxylic acids is 1. The number of carbonyl (C=O) groups is 2. The van der Waals surface area contributed by atoms with Crippen molar-refractivity contribution in [2.45, 2.75) is 112 Å². The Morgan fingerprint density at radius 1 is 1.02 bits per heavy atom. The van der Waals surface area contributed by atoms with Gasteiger partial charge in [-0.1, -0.05) is 24.6 Å². The summed E-state index contributed by atoms with van der Waals surface area (Å²) in [6.07, 6.45) is 11.4. The summed E-state index contributed by atoms with van der Waals surface area (Å²) in [5.41, 5.74) is 1.19. The van der Waals surface area contributed by atoms with E-state index in [9.17, 15) is 14.7 Å². The Kier molecular flexibility index (Phi) is 7.19. The number of amides is 1. The first-order valence-electron chi connectivity index (χ1n) is 16.9. The molecule has 8 nitrogen and oxygen atoms in total. The maximum Gasteiger partial charge on any atom is 0.357 e. The van der Waals surface area contributed by atoms with Crippen LogP contribution in [0.5, 0.6) is 5.75 Å². The van der Waals surface area contributed by atoms with Gasteiger partial charge >= 0.3 is 5.97 Å². The molecule has 0 bridgehead atoms. The van der Waals surface area contributed by atoms with Crippen molar-refractivity contribution >= 4 is 11.9 Å². The van der Waals surface area contributed by atoms with Crippen molar-refractivity contribution in [3.05, 3.63) is 59.7 Å². The van der Waals surface area contributed by atoms with Gasteiger partial charge in [0.2, 0.25) is 5.67 Å². The standard InChI is InChI=1S/C36H40F2N4O4/c37-29-7-2-6-26(31(29)21-4-1-5-21)27-16-22(28-18-42(24-10-11-24)41-32(28)33(43)44)8-13-30(27)46-25-12-9-23(17-25)40-34(45)36(38)19-35(39-20-36)14-3-15-35/h2,6-8,13,16,18,21,23-25,39H,1,3-5,9-12,14-15,17,19-20H2,(H,40,45)(H,43,44)/t23-,25-,36-/m1/s1. The summed E-state index contributed by atoms with van der Waals surface area (Å²) in [4.78, 5) is 25.3. The third-order valence-electron chi connectivity index (χ3n) is 11.1. The number of alkyl halides is 1. The number of hydrogen-bond donors (Lipinski definition) is 3. The molecule has 2 heterocycles. The van der Waals surface area contributed by atoms with Crippen LogP contribution in [-0.2, 0) is 4.79 Å². The predicted molar refractivity (Wildman–Crippen MR) is 168 cm³/mol. The van der Waals surface area contributed by atoms with Crippen LogP contribution in [0.25, 0.3) is 22.3 Å². The minimum atomic E-state index is -1.89. The third kappa shape index (κ3) is 5.28. The molecule has 1 aliphatic heterocycles. The molecule has 5 fully saturated rings. The minimum Gasteiger partial charge on any atom is -0.490 e. The summed E-state index contributed by atoms with van der Waals surface area (Å²) in [5, 5.41) is 20.6. The van der Waals surface area contributed by atoms with Crippen LogP contribution in [0.4, 0.5) is 8.78 Å². The Balaban J connectivity index is 1.07. The zero-order chi connectivity index (χ0) is 31.6. The lowest BCUT2D eigenvalue weighted by molar-refractivity contribution is -0.133. The van der Waals surface area contributed by atoms with Gasteiger partial charge < -0.3 is 20.5 Å². The fraction of sp³-hybridized carbons (Fsp3) is 0.528. The van der Waals surface area contributed by atoms with Crippen LogP contribution >= 0.6 is 0 Å². The predicted octanol–water partition coefficient (Wildman–Crippen LogP) is 6.70. The molecule has 4 aliphatic carbocycles.